The number of carboxylic acid groups (broad SMARTS) is 1. The summed E-state index contributed by atoms with van der Waals surface area (Å²) in [6.07, 6.45) is -2.85. The van der Waals surface area contributed by atoms with Crippen LogP contribution in [-0.4, -0.2) is 16.1 Å². The predicted octanol–water partition coefficient (Wildman–Crippen LogP) is 2.04. The molecule has 4 nitrogen and oxygen atoms in total. The first-order chi connectivity index (χ1) is 6.97. The number of alkyl halides is 3. The molecule has 1 heterocycles. The van der Waals surface area contributed by atoms with E-state index in [0.29, 0.717) is 0 Å². The smallest absolute Gasteiger partial charge is 0.337 e. The Morgan fingerprint density at radius 3 is 2.67 bits per heavy atom. The summed E-state index contributed by atoms with van der Waals surface area (Å²) >= 11 is 5.39. The molecule has 3 N–H and O–H groups in total. The van der Waals surface area contributed by atoms with Gasteiger partial charge in [0.25, 0.3) is 6.43 Å². The molecule has 1 aromatic heterocycles. The van der Waals surface area contributed by atoms with Crippen LogP contribution in [0.15, 0.2) is 6.07 Å². The highest BCUT2D eigenvalue weighted by Crippen LogP contribution is 2.25. The number of aromatic carboxylic acids is 1. The highest BCUT2D eigenvalue weighted by molar-refractivity contribution is 6.17. The molecule has 0 aromatic carbocycles. The number of carbonyl (C=O) groups is 1. The van der Waals surface area contributed by atoms with Crippen molar-refractivity contribution in [2.75, 3.05) is 5.73 Å². The summed E-state index contributed by atoms with van der Waals surface area (Å²) < 4.78 is 24.7. The molecular weight excluding hydrogens is 230 g/mol. The molecule has 82 valence electrons. The van der Waals surface area contributed by atoms with Crippen LogP contribution >= 0.6 is 11.6 Å². The Bertz CT molecular complexity index is 398. The molecule has 0 aliphatic rings. The van der Waals surface area contributed by atoms with E-state index in [0.717, 1.165) is 6.07 Å². The van der Waals surface area contributed by atoms with Gasteiger partial charge < -0.3 is 10.8 Å². The molecule has 1 aromatic rings. The molecule has 1 rings (SSSR count). The Kier molecular flexibility index (Phi) is 3.41. The maximum atomic E-state index is 12.3. The number of anilines is 1. The van der Waals surface area contributed by atoms with E-state index in [1.165, 1.54) is 0 Å². The van der Waals surface area contributed by atoms with E-state index in [1.807, 2.05) is 0 Å². The van der Waals surface area contributed by atoms with Gasteiger partial charge in [-0.1, -0.05) is 0 Å². The molecule has 0 atom stereocenters. The quantitative estimate of drug-likeness (QED) is 0.788. The molecule has 0 amide bonds. The van der Waals surface area contributed by atoms with Crippen molar-refractivity contribution in [3.05, 3.63) is 23.0 Å². The Labute approximate surface area is 88.7 Å². The maximum Gasteiger partial charge on any atom is 0.337 e. The van der Waals surface area contributed by atoms with E-state index in [9.17, 15) is 13.6 Å². The topological polar surface area (TPSA) is 76.2 Å². The fourth-order valence-corrected chi connectivity index (χ4v) is 1.25. The van der Waals surface area contributed by atoms with Crippen molar-refractivity contribution >= 4 is 23.3 Å². The van der Waals surface area contributed by atoms with Gasteiger partial charge in [0, 0.05) is 0 Å². The lowest BCUT2D eigenvalue weighted by molar-refractivity contribution is 0.0694. The third kappa shape index (κ3) is 2.33. The lowest BCUT2D eigenvalue weighted by Gasteiger charge is -2.08. The van der Waals surface area contributed by atoms with Gasteiger partial charge in [-0.3, -0.25) is 0 Å². The minimum absolute atomic E-state index is 0.117. The largest absolute Gasteiger partial charge is 0.478 e. The van der Waals surface area contributed by atoms with Crippen LogP contribution in [0.2, 0.25) is 0 Å². The SMILES string of the molecule is Nc1cc(C(=O)O)c(CCl)nc1C(F)F. The molecule has 0 unspecified atom stereocenters. The van der Waals surface area contributed by atoms with Crippen LogP contribution in [0.25, 0.3) is 0 Å². The van der Waals surface area contributed by atoms with E-state index in [-0.39, 0.29) is 22.8 Å². The summed E-state index contributed by atoms with van der Waals surface area (Å²) in [6.45, 7) is 0. The third-order valence-electron chi connectivity index (χ3n) is 1.73. The number of nitrogen functional groups attached to an aromatic ring is 1. The summed E-state index contributed by atoms with van der Waals surface area (Å²) in [5.41, 5.74) is 3.87. The second-order valence-electron chi connectivity index (χ2n) is 2.70. The minimum atomic E-state index is -2.85. The summed E-state index contributed by atoms with van der Waals surface area (Å²) in [6, 6.07) is 0.939. The predicted molar refractivity (Wildman–Crippen MR) is 50.1 cm³/mol. The second kappa shape index (κ2) is 4.39. The molecule has 0 spiro atoms. The van der Waals surface area contributed by atoms with Crippen LogP contribution in [0.1, 0.15) is 28.2 Å². The highest BCUT2D eigenvalue weighted by atomic mass is 35.5. The van der Waals surface area contributed by atoms with Gasteiger partial charge in [0.15, 0.2) is 0 Å². The van der Waals surface area contributed by atoms with Gasteiger partial charge in [-0.15, -0.1) is 11.6 Å². The number of aromatic nitrogens is 1. The van der Waals surface area contributed by atoms with E-state index in [2.05, 4.69) is 4.98 Å². The van der Waals surface area contributed by atoms with Crippen LogP contribution < -0.4 is 5.73 Å². The van der Waals surface area contributed by atoms with Crippen molar-refractivity contribution in [3.63, 3.8) is 0 Å². The Morgan fingerprint density at radius 1 is 1.67 bits per heavy atom. The summed E-state index contributed by atoms with van der Waals surface area (Å²) in [5.74, 6) is -1.56. The summed E-state index contributed by atoms with van der Waals surface area (Å²) in [4.78, 5) is 14.1. The minimum Gasteiger partial charge on any atom is -0.478 e. The standard InChI is InChI=1S/C8H7ClF2N2O2/c9-2-5-3(8(14)15)1-4(12)6(13-5)7(10)11/h1,7H,2,12H2,(H,14,15). The first kappa shape index (κ1) is 11.6. The van der Waals surface area contributed by atoms with Crippen molar-refractivity contribution in [1.29, 1.82) is 0 Å². The fraction of sp³-hybridized carbons (Fsp3) is 0.250. The Morgan fingerprint density at radius 2 is 2.27 bits per heavy atom. The average molecular weight is 237 g/mol. The number of rotatable bonds is 3. The van der Waals surface area contributed by atoms with Crippen molar-refractivity contribution in [3.8, 4) is 0 Å². The van der Waals surface area contributed by atoms with E-state index < -0.39 is 18.1 Å². The summed E-state index contributed by atoms with van der Waals surface area (Å²) in [5, 5.41) is 8.71. The first-order valence-electron chi connectivity index (χ1n) is 3.84. The second-order valence-corrected chi connectivity index (χ2v) is 2.96. The monoisotopic (exact) mass is 236 g/mol. The Balaban J connectivity index is 3.35. The lowest BCUT2D eigenvalue weighted by atomic mass is 10.1. The number of carboxylic acids is 1. The molecule has 0 bridgehead atoms. The molecule has 0 saturated carbocycles. The molecular formula is C8H7ClF2N2O2. The van der Waals surface area contributed by atoms with Gasteiger partial charge in [-0.25, -0.2) is 18.6 Å². The van der Waals surface area contributed by atoms with Crippen molar-refractivity contribution in [2.24, 2.45) is 0 Å². The van der Waals surface area contributed by atoms with Gasteiger partial charge in [-0.2, -0.15) is 0 Å². The van der Waals surface area contributed by atoms with Gasteiger partial charge >= 0.3 is 5.97 Å². The molecule has 0 aliphatic heterocycles. The molecule has 15 heavy (non-hydrogen) atoms. The average Bonchev–Trinajstić information content (AvgIpc) is 2.16. The van der Waals surface area contributed by atoms with Crippen LogP contribution in [0.3, 0.4) is 0 Å². The zero-order valence-electron chi connectivity index (χ0n) is 7.38. The number of halogens is 3. The van der Waals surface area contributed by atoms with Gasteiger partial charge in [-0.05, 0) is 6.07 Å². The molecule has 0 saturated heterocycles. The molecule has 0 radical (unpaired) electrons. The lowest BCUT2D eigenvalue weighted by Crippen LogP contribution is -2.09. The maximum absolute atomic E-state index is 12.3. The zero-order chi connectivity index (χ0) is 11.6. The summed E-state index contributed by atoms with van der Waals surface area (Å²) in [7, 11) is 0. The Hall–Kier alpha value is -1.43. The van der Waals surface area contributed by atoms with Crippen LogP contribution in [0.4, 0.5) is 14.5 Å². The van der Waals surface area contributed by atoms with Gasteiger partial charge in [0.2, 0.25) is 0 Å². The van der Waals surface area contributed by atoms with Crippen molar-refractivity contribution in [1.82, 2.24) is 4.98 Å². The molecule has 0 fully saturated rings. The normalized spacial score (nSPS) is 10.7. The third-order valence-corrected chi connectivity index (χ3v) is 1.98. The van der Waals surface area contributed by atoms with E-state index in [1.54, 1.807) is 0 Å². The van der Waals surface area contributed by atoms with Gasteiger partial charge in [0.05, 0.1) is 22.8 Å². The first-order valence-corrected chi connectivity index (χ1v) is 4.37. The van der Waals surface area contributed by atoms with Crippen molar-refractivity contribution in [2.45, 2.75) is 12.3 Å². The number of hydrogen-bond donors (Lipinski definition) is 2. The fourth-order valence-electron chi connectivity index (χ4n) is 1.04. The number of nitrogens with two attached hydrogens (primary N) is 1. The van der Waals surface area contributed by atoms with Crippen molar-refractivity contribution < 1.29 is 18.7 Å². The van der Waals surface area contributed by atoms with E-state index >= 15 is 0 Å². The van der Waals surface area contributed by atoms with Crippen LogP contribution in [0.5, 0.6) is 0 Å². The van der Waals surface area contributed by atoms with Crippen LogP contribution in [-0.2, 0) is 5.88 Å². The number of pyridine rings is 1. The van der Waals surface area contributed by atoms with Gasteiger partial charge in [0.1, 0.15) is 5.69 Å². The zero-order valence-corrected chi connectivity index (χ0v) is 8.13. The van der Waals surface area contributed by atoms with Crippen LogP contribution in [0, 0.1) is 0 Å². The number of nitrogens with zero attached hydrogens (tertiary/aromatic N) is 1. The highest BCUT2D eigenvalue weighted by Gasteiger charge is 2.19. The van der Waals surface area contributed by atoms with E-state index in [4.69, 9.17) is 22.4 Å². The number of hydrogen-bond acceptors (Lipinski definition) is 3. The molecule has 0 aliphatic carbocycles. The molecule has 7 heteroatoms.